The van der Waals surface area contributed by atoms with Crippen molar-refractivity contribution in [3.05, 3.63) is 51.9 Å². The summed E-state index contributed by atoms with van der Waals surface area (Å²) >= 11 is 5.96. The van der Waals surface area contributed by atoms with Crippen LogP contribution in [0.15, 0.2) is 41.3 Å². The summed E-state index contributed by atoms with van der Waals surface area (Å²) in [5, 5.41) is 10.3. The number of anilines is 1. The Morgan fingerprint density at radius 3 is 2.85 bits per heavy atom. The van der Waals surface area contributed by atoms with E-state index in [1.165, 1.54) is 10.8 Å². The molecule has 1 aromatic carbocycles. The summed E-state index contributed by atoms with van der Waals surface area (Å²) in [6.07, 6.45) is 1.42. The van der Waals surface area contributed by atoms with Gasteiger partial charge in [-0.05, 0) is 30.3 Å². The van der Waals surface area contributed by atoms with Crippen LogP contribution < -0.4 is 11.3 Å². The molecular weight excluding hydrogens is 280 g/mol. The first-order valence-corrected chi connectivity index (χ1v) is 6.08. The number of hydrogen-bond donors (Lipinski definition) is 2. The molecule has 0 saturated heterocycles. The minimum Gasteiger partial charge on any atom is -0.492 e. The quantitative estimate of drug-likeness (QED) is 0.711. The lowest BCUT2D eigenvalue weighted by Gasteiger charge is -2.11. The molecule has 0 spiro atoms. The molecule has 0 aliphatic heterocycles. The van der Waals surface area contributed by atoms with Crippen LogP contribution in [0.5, 0.6) is 5.88 Å². The Kier molecular flexibility index (Phi) is 2.80. The third-order valence-corrected chi connectivity index (χ3v) is 3.08. The van der Waals surface area contributed by atoms with E-state index in [0.717, 1.165) is 0 Å². The lowest BCUT2D eigenvalue weighted by Crippen LogP contribution is -2.23. The molecule has 6 nitrogen and oxygen atoms in total. The molecule has 0 aliphatic rings. The minimum atomic E-state index is -0.539. The van der Waals surface area contributed by atoms with Gasteiger partial charge in [-0.25, -0.2) is 9.97 Å². The lowest BCUT2D eigenvalue weighted by atomic mass is 10.2. The van der Waals surface area contributed by atoms with E-state index in [9.17, 15) is 9.90 Å². The molecule has 3 aromatic rings. The van der Waals surface area contributed by atoms with Crippen molar-refractivity contribution in [1.82, 2.24) is 14.5 Å². The highest BCUT2D eigenvalue weighted by molar-refractivity contribution is 6.31. The second-order valence-corrected chi connectivity index (χ2v) is 4.55. The van der Waals surface area contributed by atoms with Crippen molar-refractivity contribution >= 4 is 28.5 Å². The zero-order valence-corrected chi connectivity index (χ0v) is 10.9. The molecule has 0 amide bonds. The number of fused-ring (bicyclic) bond motifs is 1. The lowest BCUT2D eigenvalue weighted by molar-refractivity contribution is 0.450. The zero-order valence-electron chi connectivity index (χ0n) is 10.1. The Hall–Kier alpha value is -2.60. The number of rotatable bonds is 1. The fourth-order valence-electron chi connectivity index (χ4n) is 1.97. The number of nitrogens with zero attached hydrogens (tertiary/aromatic N) is 3. The Balaban J connectivity index is 2.51. The molecule has 0 saturated carbocycles. The summed E-state index contributed by atoms with van der Waals surface area (Å²) in [6.45, 7) is 0. The fourth-order valence-corrected chi connectivity index (χ4v) is 2.14. The fraction of sp³-hybridized carbons (Fsp3) is 0. The SMILES string of the molecule is Nc1nc2ccc(Cl)cc2n(-c2cccnc2O)c1=O. The van der Waals surface area contributed by atoms with Crippen LogP contribution in [-0.4, -0.2) is 19.6 Å². The molecule has 0 radical (unpaired) electrons. The van der Waals surface area contributed by atoms with Crippen LogP contribution in [0.2, 0.25) is 5.02 Å². The summed E-state index contributed by atoms with van der Waals surface area (Å²) in [7, 11) is 0. The summed E-state index contributed by atoms with van der Waals surface area (Å²) in [6, 6.07) is 8.04. The van der Waals surface area contributed by atoms with E-state index in [2.05, 4.69) is 9.97 Å². The highest BCUT2D eigenvalue weighted by atomic mass is 35.5. The molecule has 0 aliphatic carbocycles. The maximum atomic E-state index is 12.2. The summed E-state index contributed by atoms with van der Waals surface area (Å²) in [5.74, 6) is -0.440. The van der Waals surface area contributed by atoms with E-state index in [-0.39, 0.29) is 17.4 Å². The van der Waals surface area contributed by atoms with Crippen molar-refractivity contribution in [2.75, 3.05) is 5.73 Å². The van der Waals surface area contributed by atoms with Gasteiger partial charge in [-0.1, -0.05) is 11.6 Å². The van der Waals surface area contributed by atoms with Crippen LogP contribution in [0.3, 0.4) is 0 Å². The molecule has 100 valence electrons. The van der Waals surface area contributed by atoms with Gasteiger partial charge in [-0.3, -0.25) is 9.36 Å². The summed E-state index contributed by atoms with van der Waals surface area (Å²) < 4.78 is 1.24. The molecule has 2 aromatic heterocycles. The number of nitrogen functional groups attached to an aromatic ring is 1. The number of nitrogens with two attached hydrogens (primary N) is 1. The highest BCUT2D eigenvalue weighted by Gasteiger charge is 2.14. The molecule has 0 atom stereocenters. The smallest absolute Gasteiger partial charge is 0.298 e. The van der Waals surface area contributed by atoms with Gasteiger partial charge in [0, 0.05) is 11.2 Å². The van der Waals surface area contributed by atoms with Crippen molar-refractivity contribution < 1.29 is 5.11 Å². The molecule has 0 fully saturated rings. The summed E-state index contributed by atoms with van der Waals surface area (Å²) in [4.78, 5) is 20.0. The van der Waals surface area contributed by atoms with Crippen LogP contribution in [0, 0.1) is 0 Å². The Morgan fingerprint density at radius 1 is 1.30 bits per heavy atom. The number of aromatic hydroxyl groups is 1. The first-order chi connectivity index (χ1) is 9.58. The average molecular weight is 289 g/mol. The standard InChI is InChI=1S/C13H9ClN4O2/c14-7-3-4-8-10(6-7)18(13(20)11(15)17-8)9-2-1-5-16-12(9)19/h1-6H,(H2,15,17)(H,16,19). The molecule has 20 heavy (non-hydrogen) atoms. The molecule has 3 N–H and O–H groups in total. The number of halogens is 1. The third kappa shape index (κ3) is 1.86. The van der Waals surface area contributed by atoms with Crippen molar-refractivity contribution in [3.63, 3.8) is 0 Å². The maximum Gasteiger partial charge on any atom is 0.298 e. The van der Waals surface area contributed by atoms with Crippen LogP contribution in [-0.2, 0) is 0 Å². The van der Waals surface area contributed by atoms with Crippen LogP contribution in [0.4, 0.5) is 5.82 Å². The molecule has 2 heterocycles. The predicted molar refractivity (Wildman–Crippen MR) is 76.2 cm³/mol. The third-order valence-electron chi connectivity index (χ3n) is 2.85. The molecular formula is C13H9ClN4O2. The van der Waals surface area contributed by atoms with Crippen molar-refractivity contribution in [2.45, 2.75) is 0 Å². The van der Waals surface area contributed by atoms with Gasteiger partial charge in [0.2, 0.25) is 5.88 Å². The van der Waals surface area contributed by atoms with Gasteiger partial charge in [0.25, 0.3) is 5.56 Å². The predicted octanol–water partition coefficient (Wildman–Crippen LogP) is 1.72. The van der Waals surface area contributed by atoms with Crippen LogP contribution in [0.1, 0.15) is 0 Å². The van der Waals surface area contributed by atoms with Gasteiger partial charge in [0.05, 0.1) is 11.0 Å². The minimum absolute atomic E-state index is 0.164. The Bertz CT molecular complexity index is 876. The van der Waals surface area contributed by atoms with Gasteiger partial charge in [-0.2, -0.15) is 0 Å². The van der Waals surface area contributed by atoms with Gasteiger partial charge >= 0.3 is 0 Å². The van der Waals surface area contributed by atoms with Crippen LogP contribution >= 0.6 is 11.6 Å². The van der Waals surface area contributed by atoms with E-state index in [4.69, 9.17) is 17.3 Å². The molecule has 0 bridgehead atoms. The Labute approximate surface area is 118 Å². The van der Waals surface area contributed by atoms with Crippen molar-refractivity contribution in [2.24, 2.45) is 0 Å². The van der Waals surface area contributed by atoms with E-state index in [1.54, 1.807) is 30.3 Å². The van der Waals surface area contributed by atoms with Crippen molar-refractivity contribution in [1.29, 1.82) is 0 Å². The van der Waals surface area contributed by atoms with Crippen molar-refractivity contribution in [3.8, 4) is 11.6 Å². The first-order valence-electron chi connectivity index (χ1n) is 5.70. The van der Waals surface area contributed by atoms with Gasteiger partial charge in [0.1, 0.15) is 5.69 Å². The van der Waals surface area contributed by atoms with Crippen LogP contribution in [0.25, 0.3) is 16.7 Å². The number of pyridine rings is 1. The number of hydrogen-bond acceptors (Lipinski definition) is 5. The average Bonchev–Trinajstić information content (AvgIpc) is 2.42. The summed E-state index contributed by atoms with van der Waals surface area (Å²) in [5.41, 5.74) is 6.25. The second-order valence-electron chi connectivity index (χ2n) is 4.12. The van der Waals surface area contributed by atoms with E-state index < -0.39 is 5.56 Å². The largest absolute Gasteiger partial charge is 0.492 e. The monoisotopic (exact) mass is 288 g/mol. The zero-order chi connectivity index (χ0) is 14.3. The number of benzene rings is 1. The van der Waals surface area contributed by atoms with Gasteiger partial charge in [-0.15, -0.1) is 0 Å². The first kappa shape index (κ1) is 12.4. The highest BCUT2D eigenvalue weighted by Crippen LogP contribution is 2.23. The molecule has 0 unspecified atom stereocenters. The molecule has 3 rings (SSSR count). The normalized spacial score (nSPS) is 10.8. The van der Waals surface area contributed by atoms with Gasteiger partial charge < -0.3 is 10.8 Å². The molecule has 7 heteroatoms. The van der Waals surface area contributed by atoms with E-state index in [1.807, 2.05) is 0 Å². The Morgan fingerprint density at radius 2 is 2.10 bits per heavy atom. The topological polar surface area (TPSA) is 94.0 Å². The maximum absolute atomic E-state index is 12.2. The van der Waals surface area contributed by atoms with E-state index in [0.29, 0.717) is 16.1 Å². The van der Waals surface area contributed by atoms with Gasteiger partial charge in [0.15, 0.2) is 5.82 Å². The van der Waals surface area contributed by atoms with E-state index >= 15 is 0 Å². The number of aromatic nitrogens is 3. The second kappa shape index (κ2) is 4.50.